The van der Waals surface area contributed by atoms with Gasteiger partial charge in [0, 0.05) is 24.2 Å². The van der Waals surface area contributed by atoms with Gasteiger partial charge in [0.1, 0.15) is 5.69 Å². The lowest BCUT2D eigenvalue weighted by atomic mass is 10.1. The first-order chi connectivity index (χ1) is 15.3. The van der Waals surface area contributed by atoms with E-state index >= 15 is 0 Å². The number of amides is 1. The van der Waals surface area contributed by atoms with E-state index in [9.17, 15) is 4.79 Å². The Morgan fingerprint density at radius 3 is 2.75 bits per heavy atom. The second-order valence-corrected chi connectivity index (χ2v) is 15.1. The highest BCUT2D eigenvalue weighted by atomic mass is 28.3. The number of nitrogens with one attached hydrogen (secondary N) is 1. The van der Waals surface area contributed by atoms with Gasteiger partial charge in [-0.25, -0.2) is 4.98 Å². The van der Waals surface area contributed by atoms with Crippen molar-refractivity contribution < 1.29 is 4.79 Å². The molecule has 0 spiro atoms. The highest BCUT2D eigenvalue weighted by molar-refractivity contribution is 6.77. The fourth-order valence-electron chi connectivity index (χ4n) is 4.73. The first-order valence-corrected chi connectivity index (χ1v) is 14.6. The molecule has 1 aromatic carbocycles. The second kappa shape index (κ2) is 7.81. The van der Waals surface area contributed by atoms with Crippen molar-refractivity contribution >= 4 is 48.0 Å². The number of fused-ring (bicyclic) bond motifs is 2. The third-order valence-electron chi connectivity index (χ3n) is 6.92. The number of aromatic nitrogens is 4. The maximum atomic E-state index is 12.7. The van der Waals surface area contributed by atoms with E-state index in [-0.39, 0.29) is 5.91 Å². The Morgan fingerprint density at radius 1 is 1.19 bits per heavy atom. The number of likely N-dealkylation sites (N-methyl/N-ethyl adjacent to an activating group) is 1. The summed E-state index contributed by atoms with van der Waals surface area (Å²) < 4.78 is 0. The van der Waals surface area contributed by atoms with Gasteiger partial charge < -0.3 is 15.1 Å². The molecule has 0 aliphatic carbocycles. The molecule has 2 aromatic heterocycles. The molecule has 167 valence electrons. The molecule has 3 aromatic rings. The average molecular weight is 448 g/mol. The van der Waals surface area contributed by atoms with Crippen molar-refractivity contribution in [2.45, 2.75) is 51.0 Å². The molecule has 32 heavy (non-hydrogen) atoms. The van der Waals surface area contributed by atoms with Gasteiger partial charge in [0.25, 0.3) is 0 Å². The van der Waals surface area contributed by atoms with E-state index < -0.39 is 8.07 Å². The summed E-state index contributed by atoms with van der Waals surface area (Å²) in [6, 6.07) is 8.94. The number of aryl methyl sites for hydroxylation is 1. The number of hydrogen-bond donors (Lipinski definition) is 1. The molecule has 0 bridgehead atoms. The lowest BCUT2D eigenvalue weighted by Gasteiger charge is -2.47. The van der Waals surface area contributed by atoms with Crippen LogP contribution in [0, 0.1) is 6.92 Å². The van der Waals surface area contributed by atoms with E-state index in [1.165, 1.54) is 12.1 Å². The number of carbonyl (C=O) groups is 1. The predicted molar refractivity (Wildman–Crippen MR) is 130 cm³/mol. The first kappa shape index (κ1) is 20.8. The van der Waals surface area contributed by atoms with Gasteiger partial charge in [0.2, 0.25) is 11.9 Å². The molecule has 0 radical (unpaired) electrons. The number of carbonyl (C=O) groups excluding carboxylic acids is 1. The maximum absolute atomic E-state index is 12.7. The zero-order valence-corrected chi connectivity index (χ0v) is 20.1. The molecule has 0 unspecified atom stereocenters. The average Bonchev–Trinajstić information content (AvgIpc) is 2.77. The van der Waals surface area contributed by atoms with Crippen LogP contribution in [0.2, 0.25) is 25.2 Å². The molecule has 1 amide bonds. The zero-order valence-electron chi connectivity index (χ0n) is 19.1. The summed E-state index contributed by atoms with van der Waals surface area (Å²) in [6.07, 6.45) is 5.72. The summed E-state index contributed by atoms with van der Waals surface area (Å²) in [5.41, 5.74) is 3.61. The SMILES string of the molecule is Cc1cc2nnccc2cc1Nc1ncc2c(n1)N(C1CC[Si-](C)(C)CC1)CC(=O)N2C. The van der Waals surface area contributed by atoms with Crippen LogP contribution in [0.15, 0.2) is 30.6 Å². The fraction of sp³-hybridized carbons (Fsp3) is 0.435. The molecular formula is C23H29N7OSi-. The monoisotopic (exact) mass is 447 g/mol. The van der Waals surface area contributed by atoms with Crippen LogP contribution in [0.5, 0.6) is 0 Å². The van der Waals surface area contributed by atoms with E-state index in [1.54, 1.807) is 24.3 Å². The van der Waals surface area contributed by atoms with Gasteiger partial charge in [-0.1, -0.05) is 12.8 Å². The molecule has 0 saturated carbocycles. The number of nitrogens with zero attached hydrogens (tertiary/aromatic N) is 6. The van der Waals surface area contributed by atoms with E-state index in [0.29, 0.717) is 18.5 Å². The largest absolute Gasteiger partial charge is 0.343 e. The standard InChI is InChI=1S/C23H29N7OSi/c1-15-11-19-16(5-8-25-28-19)12-18(15)26-23-24-13-20-22(27-23)30(14-21(31)29(20)2)17-6-9-32(3,4)10-7-17/h5,8,11-13,17H,6-7,9-10,14H2,1-4H3,(H,24,26,27)/q-1. The highest BCUT2D eigenvalue weighted by Crippen LogP contribution is 2.38. The minimum Gasteiger partial charge on any atom is -0.343 e. The molecule has 9 heteroatoms. The van der Waals surface area contributed by atoms with Crippen molar-refractivity contribution in [3.05, 3.63) is 36.2 Å². The van der Waals surface area contributed by atoms with Crippen LogP contribution in [0.4, 0.5) is 23.1 Å². The Kier molecular flexibility index (Phi) is 5.08. The number of hydrogen-bond acceptors (Lipinski definition) is 7. The number of anilines is 4. The molecule has 0 atom stereocenters. The van der Waals surface area contributed by atoms with E-state index in [4.69, 9.17) is 4.98 Å². The van der Waals surface area contributed by atoms with Gasteiger partial charge in [-0.15, -0.1) is 8.07 Å². The van der Waals surface area contributed by atoms with Gasteiger partial charge in [-0.3, -0.25) is 4.79 Å². The molecule has 1 N–H and O–H groups in total. The van der Waals surface area contributed by atoms with E-state index in [1.807, 2.05) is 25.1 Å². The lowest BCUT2D eigenvalue weighted by molar-refractivity contribution is -0.117. The van der Waals surface area contributed by atoms with Crippen LogP contribution in [-0.2, 0) is 4.79 Å². The quantitative estimate of drug-likeness (QED) is 0.604. The Bertz CT molecular complexity index is 1190. The molecule has 1 fully saturated rings. The summed E-state index contributed by atoms with van der Waals surface area (Å²) >= 11 is 0. The van der Waals surface area contributed by atoms with Crippen molar-refractivity contribution in [2.24, 2.45) is 0 Å². The Balaban J connectivity index is 1.48. The summed E-state index contributed by atoms with van der Waals surface area (Å²) in [6.45, 7) is 7.34. The Labute approximate surface area is 189 Å². The minimum absolute atomic E-state index is 0.0929. The summed E-state index contributed by atoms with van der Waals surface area (Å²) in [7, 11) is 0.721. The van der Waals surface area contributed by atoms with Gasteiger partial charge in [-0.2, -0.15) is 40.4 Å². The third-order valence-corrected chi connectivity index (χ3v) is 10.2. The molecule has 4 heterocycles. The molecule has 1 saturated heterocycles. The van der Waals surface area contributed by atoms with Crippen molar-refractivity contribution in [1.29, 1.82) is 0 Å². The summed E-state index contributed by atoms with van der Waals surface area (Å²) in [5.74, 6) is 1.47. The lowest BCUT2D eigenvalue weighted by Crippen LogP contribution is -2.51. The van der Waals surface area contributed by atoms with Crippen molar-refractivity contribution in [2.75, 3.05) is 28.7 Å². The van der Waals surface area contributed by atoms with Gasteiger partial charge >= 0.3 is 0 Å². The van der Waals surface area contributed by atoms with Crippen LogP contribution in [0.3, 0.4) is 0 Å². The molecule has 2 aliphatic heterocycles. The van der Waals surface area contributed by atoms with Crippen LogP contribution < -0.4 is 15.1 Å². The van der Waals surface area contributed by atoms with E-state index in [2.05, 4.69) is 38.5 Å². The van der Waals surface area contributed by atoms with Crippen molar-refractivity contribution in [1.82, 2.24) is 20.2 Å². The smallest absolute Gasteiger partial charge is 0.246 e. The first-order valence-electron chi connectivity index (χ1n) is 11.2. The molecule has 2 aliphatic rings. The Morgan fingerprint density at radius 2 is 1.97 bits per heavy atom. The predicted octanol–water partition coefficient (Wildman–Crippen LogP) is 4.13. The van der Waals surface area contributed by atoms with Gasteiger partial charge in [-0.05, 0) is 30.7 Å². The normalized spacial score (nSPS) is 18.7. The number of rotatable bonds is 3. The highest BCUT2D eigenvalue weighted by Gasteiger charge is 2.34. The fourth-order valence-corrected chi connectivity index (χ4v) is 7.21. The summed E-state index contributed by atoms with van der Waals surface area (Å²) in [4.78, 5) is 26.0. The number of benzene rings is 1. The Hall–Kier alpha value is -3.07. The second-order valence-electron chi connectivity index (χ2n) is 9.76. The van der Waals surface area contributed by atoms with E-state index in [0.717, 1.165) is 46.5 Å². The van der Waals surface area contributed by atoms with Crippen LogP contribution >= 0.6 is 0 Å². The topological polar surface area (TPSA) is 87.1 Å². The van der Waals surface area contributed by atoms with Crippen molar-refractivity contribution in [3.8, 4) is 0 Å². The van der Waals surface area contributed by atoms with Crippen LogP contribution in [-0.4, -0.2) is 53.8 Å². The molecule has 5 rings (SSSR count). The maximum Gasteiger partial charge on any atom is 0.246 e. The van der Waals surface area contributed by atoms with Gasteiger partial charge in [0.15, 0.2) is 5.82 Å². The summed E-state index contributed by atoms with van der Waals surface area (Å²) in [5, 5.41) is 12.5. The minimum atomic E-state index is -1.09. The molecular weight excluding hydrogens is 418 g/mol. The van der Waals surface area contributed by atoms with Crippen LogP contribution in [0.25, 0.3) is 10.9 Å². The molecule has 8 nitrogen and oxygen atoms in total. The third kappa shape index (κ3) is 3.81. The van der Waals surface area contributed by atoms with Gasteiger partial charge in [0.05, 0.1) is 24.5 Å². The zero-order chi connectivity index (χ0) is 22.5. The van der Waals surface area contributed by atoms with Crippen molar-refractivity contribution in [3.63, 3.8) is 0 Å². The van der Waals surface area contributed by atoms with Crippen LogP contribution in [0.1, 0.15) is 18.4 Å².